The zero-order valence-electron chi connectivity index (χ0n) is 10.6. The predicted octanol–water partition coefficient (Wildman–Crippen LogP) is 1.96. The quantitative estimate of drug-likeness (QED) is 0.781. The minimum absolute atomic E-state index is 0. The summed E-state index contributed by atoms with van der Waals surface area (Å²) in [5.41, 5.74) is 0.356. The van der Waals surface area contributed by atoms with Crippen molar-refractivity contribution in [3.05, 3.63) is 0 Å². The molecule has 3 nitrogen and oxygen atoms in total. The van der Waals surface area contributed by atoms with Gasteiger partial charge in [-0.25, -0.2) is 0 Å². The lowest BCUT2D eigenvalue weighted by molar-refractivity contribution is -0.124. The van der Waals surface area contributed by atoms with Gasteiger partial charge in [0.2, 0.25) is 5.91 Å². The van der Waals surface area contributed by atoms with E-state index in [4.69, 9.17) is 0 Å². The van der Waals surface area contributed by atoms with Crippen LogP contribution >= 0.6 is 12.4 Å². The van der Waals surface area contributed by atoms with Gasteiger partial charge in [-0.3, -0.25) is 4.79 Å². The van der Waals surface area contributed by atoms with Gasteiger partial charge in [0.1, 0.15) is 0 Å². The molecule has 0 aromatic heterocycles. The minimum Gasteiger partial charge on any atom is -0.355 e. The second-order valence-corrected chi connectivity index (χ2v) is 5.19. The van der Waals surface area contributed by atoms with E-state index in [-0.39, 0.29) is 24.2 Å². The van der Waals surface area contributed by atoms with Crippen molar-refractivity contribution in [2.45, 2.75) is 39.5 Å². The zero-order valence-corrected chi connectivity index (χ0v) is 11.5. The van der Waals surface area contributed by atoms with Gasteiger partial charge in [-0.15, -0.1) is 12.4 Å². The van der Waals surface area contributed by atoms with E-state index in [0.29, 0.717) is 5.41 Å². The van der Waals surface area contributed by atoms with E-state index >= 15 is 0 Å². The highest BCUT2D eigenvalue weighted by Crippen LogP contribution is 2.36. The molecule has 1 atom stereocenters. The maximum atomic E-state index is 11.7. The molecule has 0 spiro atoms. The smallest absolute Gasteiger partial charge is 0.224 e. The van der Waals surface area contributed by atoms with Gasteiger partial charge in [-0.2, -0.15) is 0 Å². The van der Waals surface area contributed by atoms with Gasteiger partial charge < -0.3 is 10.6 Å². The lowest BCUT2D eigenvalue weighted by Crippen LogP contribution is -2.39. The van der Waals surface area contributed by atoms with Crippen molar-refractivity contribution in [2.24, 2.45) is 11.3 Å². The molecule has 0 bridgehead atoms. The van der Waals surface area contributed by atoms with E-state index in [9.17, 15) is 4.79 Å². The number of rotatable bonds is 5. The molecule has 16 heavy (non-hydrogen) atoms. The van der Waals surface area contributed by atoms with Crippen LogP contribution in [0.5, 0.6) is 0 Å². The summed E-state index contributed by atoms with van der Waals surface area (Å²) in [4.78, 5) is 11.7. The molecule has 0 radical (unpaired) electrons. The molecule has 0 aliphatic heterocycles. The van der Waals surface area contributed by atoms with Crippen LogP contribution in [-0.4, -0.2) is 26.0 Å². The fourth-order valence-electron chi connectivity index (χ4n) is 2.28. The Hall–Kier alpha value is -0.280. The topological polar surface area (TPSA) is 41.1 Å². The number of carbonyl (C=O) groups excluding carboxylic acids is 1. The van der Waals surface area contributed by atoms with Crippen molar-refractivity contribution in [2.75, 3.05) is 20.1 Å². The Labute approximate surface area is 105 Å². The molecule has 0 saturated heterocycles. The number of halogens is 1. The second kappa shape index (κ2) is 7.13. The van der Waals surface area contributed by atoms with Gasteiger partial charge in [-0.1, -0.05) is 26.7 Å². The third kappa shape index (κ3) is 4.71. The van der Waals surface area contributed by atoms with E-state index in [1.54, 1.807) is 0 Å². The lowest BCUT2D eigenvalue weighted by Gasteiger charge is -2.24. The summed E-state index contributed by atoms with van der Waals surface area (Å²) in [6.07, 6.45) is 5.15. The first-order valence-corrected chi connectivity index (χ1v) is 6.00. The number of hydrogen-bond acceptors (Lipinski definition) is 2. The third-order valence-electron chi connectivity index (χ3n) is 3.46. The van der Waals surface area contributed by atoms with Crippen molar-refractivity contribution in [1.29, 1.82) is 0 Å². The Balaban J connectivity index is 0.00000225. The molecular formula is C12H25ClN2O. The van der Waals surface area contributed by atoms with Crippen LogP contribution in [0.4, 0.5) is 0 Å². The Morgan fingerprint density at radius 2 is 1.94 bits per heavy atom. The highest BCUT2D eigenvalue weighted by atomic mass is 35.5. The van der Waals surface area contributed by atoms with Crippen molar-refractivity contribution in [1.82, 2.24) is 10.6 Å². The van der Waals surface area contributed by atoms with Crippen molar-refractivity contribution >= 4 is 18.3 Å². The van der Waals surface area contributed by atoms with Crippen molar-refractivity contribution < 1.29 is 4.79 Å². The fraction of sp³-hybridized carbons (Fsp3) is 0.917. The maximum Gasteiger partial charge on any atom is 0.224 e. The summed E-state index contributed by atoms with van der Waals surface area (Å²) in [5, 5.41) is 6.10. The first-order chi connectivity index (χ1) is 7.07. The van der Waals surface area contributed by atoms with E-state index < -0.39 is 0 Å². The molecule has 0 heterocycles. The minimum atomic E-state index is 0. The summed E-state index contributed by atoms with van der Waals surface area (Å²) in [5.74, 6) is 0.248. The van der Waals surface area contributed by atoms with Gasteiger partial charge in [0, 0.05) is 19.0 Å². The average molecular weight is 249 g/mol. The molecule has 4 heteroatoms. The largest absolute Gasteiger partial charge is 0.355 e. The predicted molar refractivity (Wildman–Crippen MR) is 69.9 cm³/mol. The maximum absolute atomic E-state index is 11.7. The Bertz CT molecular complexity index is 215. The van der Waals surface area contributed by atoms with Crippen LogP contribution < -0.4 is 10.6 Å². The number of hydrogen-bond donors (Lipinski definition) is 2. The van der Waals surface area contributed by atoms with Crippen LogP contribution in [0, 0.1) is 11.3 Å². The molecule has 1 aliphatic carbocycles. The molecule has 1 aliphatic rings. The number of amides is 1. The Morgan fingerprint density at radius 1 is 1.38 bits per heavy atom. The molecule has 96 valence electrons. The number of carbonyl (C=O) groups is 1. The van der Waals surface area contributed by atoms with Crippen LogP contribution in [0.1, 0.15) is 39.5 Å². The van der Waals surface area contributed by atoms with E-state index in [2.05, 4.69) is 17.6 Å². The van der Waals surface area contributed by atoms with E-state index in [0.717, 1.165) is 13.1 Å². The summed E-state index contributed by atoms with van der Waals surface area (Å²) in [6.45, 7) is 5.84. The SMILES string of the molecule is CNCC(C)C(=O)NCC1(C)CCCC1.Cl. The zero-order chi connectivity index (χ0) is 11.3. The van der Waals surface area contributed by atoms with Crippen LogP contribution in [0.2, 0.25) is 0 Å². The standard InChI is InChI=1S/C12H24N2O.ClH/c1-10(8-13-3)11(15)14-9-12(2)6-4-5-7-12;/h10,13H,4-9H2,1-3H3,(H,14,15);1H. The van der Waals surface area contributed by atoms with Crippen LogP contribution in [0.25, 0.3) is 0 Å². The van der Waals surface area contributed by atoms with Gasteiger partial charge in [-0.05, 0) is 25.3 Å². The Kier molecular flexibility index (Phi) is 7.00. The van der Waals surface area contributed by atoms with Crippen LogP contribution in [-0.2, 0) is 4.79 Å². The second-order valence-electron chi connectivity index (χ2n) is 5.19. The molecule has 1 unspecified atom stereocenters. The lowest BCUT2D eigenvalue weighted by atomic mass is 9.89. The molecule has 1 rings (SSSR count). The molecule has 0 aromatic carbocycles. The van der Waals surface area contributed by atoms with Crippen LogP contribution in [0.15, 0.2) is 0 Å². The normalized spacial score (nSPS) is 19.9. The molecule has 1 amide bonds. The summed E-state index contributed by atoms with van der Waals surface area (Å²) < 4.78 is 0. The van der Waals surface area contributed by atoms with Gasteiger partial charge in [0.05, 0.1) is 0 Å². The van der Waals surface area contributed by atoms with E-state index in [1.165, 1.54) is 25.7 Å². The highest BCUT2D eigenvalue weighted by Gasteiger charge is 2.29. The first-order valence-electron chi connectivity index (χ1n) is 6.00. The summed E-state index contributed by atoms with van der Waals surface area (Å²) in [6, 6.07) is 0. The van der Waals surface area contributed by atoms with Crippen LogP contribution in [0.3, 0.4) is 0 Å². The summed E-state index contributed by atoms with van der Waals surface area (Å²) >= 11 is 0. The van der Waals surface area contributed by atoms with Gasteiger partial charge >= 0.3 is 0 Å². The summed E-state index contributed by atoms with van der Waals surface area (Å²) in [7, 11) is 1.88. The highest BCUT2D eigenvalue weighted by molar-refractivity contribution is 5.85. The van der Waals surface area contributed by atoms with Crippen molar-refractivity contribution in [3.8, 4) is 0 Å². The molecule has 1 fully saturated rings. The number of nitrogens with one attached hydrogen (secondary N) is 2. The van der Waals surface area contributed by atoms with E-state index in [1.807, 2.05) is 14.0 Å². The Morgan fingerprint density at radius 3 is 2.44 bits per heavy atom. The fourth-order valence-corrected chi connectivity index (χ4v) is 2.28. The third-order valence-corrected chi connectivity index (χ3v) is 3.46. The monoisotopic (exact) mass is 248 g/mol. The van der Waals surface area contributed by atoms with Gasteiger partial charge in [0.25, 0.3) is 0 Å². The van der Waals surface area contributed by atoms with Crippen molar-refractivity contribution in [3.63, 3.8) is 0 Å². The molecule has 0 aromatic rings. The molecule has 2 N–H and O–H groups in total. The first kappa shape index (κ1) is 15.7. The van der Waals surface area contributed by atoms with Gasteiger partial charge in [0.15, 0.2) is 0 Å². The molecular weight excluding hydrogens is 224 g/mol. The molecule has 1 saturated carbocycles. The average Bonchev–Trinajstić information content (AvgIpc) is 2.63.